The Morgan fingerprint density at radius 1 is 1.14 bits per heavy atom. The minimum absolute atomic E-state index is 0.0334. The Balaban J connectivity index is 1.55. The lowest BCUT2D eigenvalue weighted by atomic mass is 10.1. The lowest BCUT2D eigenvalue weighted by Gasteiger charge is -2.32. The molecule has 0 saturated carbocycles. The molecule has 4 heterocycles. The van der Waals surface area contributed by atoms with Gasteiger partial charge in [0, 0.05) is 37.1 Å². The van der Waals surface area contributed by atoms with Gasteiger partial charge in [-0.3, -0.25) is 10.00 Å². The van der Waals surface area contributed by atoms with Crippen LogP contribution in [-0.4, -0.2) is 48.3 Å². The zero-order valence-corrected chi connectivity index (χ0v) is 17.3. The number of pyridine rings is 1. The van der Waals surface area contributed by atoms with Crippen molar-refractivity contribution in [3.63, 3.8) is 0 Å². The number of hydrogen-bond donors (Lipinski definition) is 2. The molecule has 1 atom stereocenters. The fourth-order valence-corrected chi connectivity index (χ4v) is 3.66. The summed E-state index contributed by atoms with van der Waals surface area (Å²) in [6.07, 6.45) is 5.99. The van der Waals surface area contributed by atoms with E-state index in [9.17, 15) is 5.11 Å². The molecule has 2 N–H and O–H groups in total. The van der Waals surface area contributed by atoms with Gasteiger partial charge in [0.2, 0.25) is 0 Å². The highest BCUT2D eigenvalue weighted by Gasteiger charge is 2.29. The predicted octanol–water partition coefficient (Wildman–Crippen LogP) is 2.96. The predicted molar refractivity (Wildman–Crippen MR) is 112 cm³/mol. The Hall–Kier alpha value is -3.00. The van der Waals surface area contributed by atoms with Crippen molar-refractivity contribution in [1.82, 2.24) is 30.3 Å². The first kappa shape index (κ1) is 19.3. The molecule has 3 aromatic rings. The third-order valence-electron chi connectivity index (χ3n) is 4.92. The van der Waals surface area contributed by atoms with Crippen LogP contribution in [0.2, 0.25) is 0 Å². The summed E-state index contributed by atoms with van der Waals surface area (Å²) in [6, 6.07) is 7.34. The molecule has 0 spiro atoms. The molecule has 29 heavy (non-hydrogen) atoms. The lowest BCUT2D eigenvalue weighted by molar-refractivity contribution is 0.361. The van der Waals surface area contributed by atoms with Gasteiger partial charge in [0.05, 0.1) is 11.9 Å². The summed E-state index contributed by atoms with van der Waals surface area (Å²) in [5.74, 6) is 0.890. The molecular weight excluding hydrogens is 366 g/mol. The summed E-state index contributed by atoms with van der Waals surface area (Å²) in [4.78, 5) is 6.65. The van der Waals surface area contributed by atoms with Crippen molar-refractivity contribution in [2.24, 2.45) is 7.05 Å². The van der Waals surface area contributed by atoms with Gasteiger partial charge in [-0.2, -0.15) is 5.10 Å². The van der Waals surface area contributed by atoms with E-state index in [0.717, 1.165) is 36.5 Å². The molecule has 1 fully saturated rings. The Labute approximate surface area is 170 Å². The number of hydrogen-bond acceptors (Lipinski definition) is 7. The van der Waals surface area contributed by atoms with Gasteiger partial charge in [0.25, 0.3) is 0 Å². The van der Waals surface area contributed by atoms with Crippen LogP contribution >= 0.6 is 0 Å². The second-order valence-corrected chi connectivity index (χ2v) is 8.49. The van der Waals surface area contributed by atoms with Crippen LogP contribution < -0.4 is 10.2 Å². The second-order valence-electron chi connectivity index (χ2n) is 8.49. The molecule has 4 rings (SSSR count). The van der Waals surface area contributed by atoms with Gasteiger partial charge in [-0.05, 0) is 57.9 Å². The van der Waals surface area contributed by atoms with E-state index in [0.29, 0.717) is 11.4 Å². The van der Waals surface area contributed by atoms with Crippen LogP contribution in [0.25, 0.3) is 22.6 Å². The quantitative estimate of drug-likeness (QED) is 0.704. The first-order valence-electron chi connectivity index (χ1n) is 9.88. The van der Waals surface area contributed by atoms with E-state index in [1.54, 1.807) is 16.9 Å². The topological polar surface area (TPSA) is 92.0 Å². The highest BCUT2D eigenvalue weighted by atomic mass is 16.3. The van der Waals surface area contributed by atoms with E-state index in [1.807, 2.05) is 31.4 Å². The summed E-state index contributed by atoms with van der Waals surface area (Å²) in [5.41, 5.74) is 2.50. The molecule has 1 aliphatic heterocycles. The summed E-state index contributed by atoms with van der Waals surface area (Å²) in [7, 11) is 1.85. The first-order chi connectivity index (χ1) is 13.8. The molecule has 0 aliphatic carbocycles. The maximum Gasteiger partial charge on any atom is 0.152 e. The molecule has 3 aromatic heterocycles. The van der Waals surface area contributed by atoms with Gasteiger partial charge in [-0.1, -0.05) is 0 Å². The SMILES string of the molecule is Cn1ccc(-c2cnc(-c3ccc(N4CCC[C@H]4NC(C)(C)C)nn3)c(O)c2)n1. The number of aryl methyl sites for hydroxylation is 1. The van der Waals surface area contributed by atoms with E-state index in [1.165, 1.54) is 0 Å². The first-order valence-corrected chi connectivity index (χ1v) is 9.88. The van der Waals surface area contributed by atoms with Gasteiger partial charge < -0.3 is 10.0 Å². The summed E-state index contributed by atoms with van der Waals surface area (Å²) < 4.78 is 1.71. The van der Waals surface area contributed by atoms with Crippen molar-refractivity contribution in [2.45, 2.75) is 45.3 Å². The van der Waals surface area contributed by atoms with Crippen molar-refractivity contribution in [2.75, 3.05) is 11.4 Å². The van der Waals surface area contributed by atoms with Crippen molar-refractivity contribution < 1.29 is 5.11 Å². The Morgan fingerprint density at radius 2 is 1.97 bits per heavy atom. The minimum Gasteiger partial charge on any atom is -0.506 e. The molecule has 0 amide bonds. The van der Waals surface area contributed by atoms with E-state index < -0.39 is 0 Å². The third-order valence-corrected chi connectivity index (χ3v) is 4.92. The van der Waals surface area contributed by atoms with E-state index in [-0.39, 0.29) is 17.5 Å². The van der Waals surface area contributed by atoms with Crippen LogP contribution in [0.5, 0.6) is 5.75 Å². The molecule has 0 radical (unpaired) electrons. The molecule has 8 heteroatoms. The molecule has 1 saturated heterocycles. The highest BCUT2D eigenvalue weighted by molar-refractivity contribution is 5.68. The van der Waals surface area contributed by atoms with Gasteiger partial charge in [-0.25, -0.2) is 4.98 Å². The molecule has 0 bridgehead atoms. The molecular formula is C21H27N7O. The fourth-order valence-electron chi connectivity index (χ4n) is 3.66. The van der Waals surface area contributed by atoms with Crippen LogP contribution in [0.15, 0.2) is 36.7 Å². The Morgan fingerprint density at radius 3 is 2.59 bits per heavy atom. The van der Waals surface area contributed by atoms with Crippen molar-refractivity contribution in [3.8, 4) is 28.4 Å². The standard InChI is InChI=1S/C21H27N7O/c1-21(2,3)23-18-6-5-10-28(18)19-8-7-16(24-25-19)20-17(29)12-14(13-22-20)15-9-11-27(4)26-15/h7-9,11-13,18,23,29H,5-6,10H2,1-4H3/t18-/m0/s1. The van der Waals surface area contributed by atoms with Crippen LogP contribution in [0.3, 0.4) is 0 Å². The third kappa shape index (κ3) is 4.22. The van der Waals surface area contributed by atoms with Gasteiger partial charge >= 0.3 is 0 Å². The minimum atomic E-state index is 0.0334. The monoisotopic (exact) mass is 393 g/mol. The lowest BCUT2D eigenvalue weighted by Crippen LogP contribution is -2.50. The summed E-state index contributed by atoms with van der Waals surface area (Å²) in [6.45, 7) is 7.45. The normalized spacial score (nSPS) is 17.1. The maximum atomic E-state index is 10.5. The molecule has 0 unspecified atom stereocenters. The molecule has 1 aliphatic rings. The zero-order valence-electron chi connectivity index (χ0n) is 17.3. The number of rotatable bonds is 4. The van der Waals surface area contributed by atoms with E-state index >= 15 is 0 Å². The largest absolute Gasteiger partial charge is 0.506 e. The highest BCUT2D eigenvalue weighted by Crippen LogP contribution is 2.30. The fraction of sp³-hybridized carbons (Fsp3) is 0.429. The van der Waals surface area contributed by atoms with Crippen LogP contribution in [-0.2, 0) is 7.05 Å². The molecule has 152 valence electrons. The number of aromatic hydroxyl groups is 1. The number of anilines is 1. The number of nitrogens with zero attached hydrogens (tertiary/aromatic N) is 6. The number of nitrogens with one attached hydrogen (secondary N) is 1. The average molecular weight is 393 g/mol. The average Bonchev–Trinajstić information content (AvgIpc) is 3.29. The molecule has 0 aromatic carbocycles. The van der Waals surface area contributed by atoms with Crippen molar-refractivity contribution in [1.29, 1.82) is 0 Å². The smallest absolute Gasteiger partial charge is 0.152 e. The summed E-state index contributed by atoms with van der Waals surface area (Å²) >= 11 is 0. The van der Waals surface area contributed by atoms with Crippen LogP contribution in [0.1, 0.15) is 33.6 Å². The van der Waals surface area contributed by atoms with Crippen molar-refractivity contribution >= 4 is 5.82 Å². The van der Waals surface area contributed by atoms with Crippen LogP contribution in [0, 0.1) is 0 Å². The maximum absolute atomic E-state index is 10.5. The van der Waals surface area contributed by atoms with Crippen molar-refractivity contribution in [3.05, 3.63) is 36.7 Å². The number of aromatic nitrogens is 5. The molecule has 8 nitrogen and oxygen atoms in total. The van der Waals surface area contributed by atoms with E-state index in [2.05, 4.69) is 51.3 Å². The van der Waals surface area contributed by atoms with Crippen LogP contribution in [0.4, 0.5) is 5.82 Å². The van der Waals surface area contributed by atoms with Gasteiger partial charge in [0.1, 0.15) is 17.1 Å². The zero-order chi connectivity index (χ0) is 20.6. The van der Waals surface area contributed by atoms with Gasteiger partial charge in [0.15, 0.2) is 5.82 Å². The second kappa shape index (κ2) is 7.44. The Kier molecular flexibility index (Phi) is 4.96. The van der Waals surface area contributed by atoms with E-state index in [4.69, 9.17) is 0 Å². The van der Waals surface area contributed by atoms with Gasteiger partial charge in [-0.15, -0.1) is 10.2 Å². The summed E-state index contributed by atoms with van der Waals surface area (Å²) in [5, 5.41) is 27.2. The Bertz CT molecular complexity index is 991.